The molecular formula is C15H19ClN2O2. The molecule has 0 aliphatic carbocycles. The van der Waals surface area contributed by atoms with E-state index in [0.717, 1.165) is 0 Å². The smallest absolute Gasteiger partial charge is 0.236 e. The Balaban J connectivity index is 2.38. The molecule has 1 aliphatic heterocycles. The van der Waals surface area contributed by atoms with Crippen molar-refractivity contribution in [3.63, 3.8) is 0 Å². The molecule has 20 heavy (non-hydrogen) atoms. The third-order valence-electron chi connectivity index (χ3n) is 3.81. The molecule has 0 aromatic heterocycles. The maximum Gasteiger partial charge on any atom is 0.236 e. The Bertz CT molecular complexity index is 505. The number of piperidine rings is 1. The Kier molecular flexibility index (Phi) is 4.45. The highest BCUT2D eigenvalue weighted by Gasteiger charge is 2.47. The van der Waals surface area contributed by atoms with Gasteiger partial charge in [0.1, 0.15) is 5.41 Å². The molecule has 5 heteroatoms. The molecule has 0 saturated carbocycles. The van der Waals surface area contributed by atoms with Gasteiger partial charge in [0.15, 0.2) is 5.78 Å². The number of amides is 1. The number of benzene rings is 1. The molecule has 1 heterocycles. The fourth-order valence-corrected chi connectivity index (χ4v) is 2.82. The zero-order valence-electron chi connectivity index (χ0n) is 11.8. The first-order valence-corrected chi connectivity index (χ1v) is 7.08. The van der Waals surface area contributed by atoms with Crippen LogP contribution >= 0.6 is 11.6 Å². The summed E-state index contributed by atoms with van der Waals surface area (Å²) in [5.74, 6) is -0.215. The predicted octanol–water partition coefficient (Wildman–Crippen LogP) is 1.98. The summed E-state index contributed by atoms with van der Waals surface area (Å²) in [4.78, 5) is 26.9. The van der Waals surface area contributed by atoms with E-state index in [1.165, 1.54) is 4.90 Å². The zero-order chi connectivity index (χ0) is 14.8. The van der Waals surface area contributed by atoms with Crippen molar-refractivity contribution >= 4 is 23.3 Å². The molecule has 1 amide bonds. The van der Waals surface area contributed by atoms with E-state index >= 15 is 0 Å². The minimum Gasteiger partial charge on any atom is -0.348 e. The molecule has 2 rings (SSSR count). The normalized spacial score (nSPS) is 17.6. The Morgan fingerprint density at radius 1 is 1.15 bits per heavy atom. The van der Waals surface area contributed by atoms with Crippen LogP contribution in [0.3, 0.4) is 0 Å². The number of halogens is 1. The van der Waals surface area contributed by atoms with E-state index < -0.39 is 5.41 Å². The quantitative estimate of drug-likeness (QED) is 0.685. The van der Waals surface area contributed by atoms with Crippen LogP contribution in [0.4, 0.5) is 0 Å². The lowest BCUT2D eigenvalue weighted by molar-refractivity contribution is -0.138. The molecule has 1 fully saturated rings. The molecule has 1 aromatic rings. The average molecular weight is 295 g/mol. The van der Waals surface area contributed by atoms with Gasteiger partial charge in [0.25, 0.3) is 0 Å². The van der Waals surface area contributed by atoms with Crippen molar-refractivity contribution in [1.29, 1.82) is 0 Å². The molecule has 1 saturated heterocycles. The SMILES string of the molecule is CN(C)C(=O)C1(C(=O)c2ccc(Cl)cc2)CCNCC1. The minimum absolute atomic E-state index is 0.102. The van der Waals surface area contributed by atoms with E-state index in [1.54, 1.807) is 38.4 Å². The topological polar surface area (TPSA) is 49.4 Å². The molecule has 4 nitrogen and oxygen atoms in total. The Labute approximate surface area is 124 Å². The van der Waals surface area contributed by atoms with Gasteiger partial charge in [0.05, 0.1) is 0 Å². The average Bonchev–Trinajstić information content (AvgIpc) is 2.47. The maximum atomic E-state index is 12.9. The number of nitrogens with zero attached hydrogens (tertiary/aromatic N) is 1. The standard InChI is InChI=1S/C15H19ClN2O2/c1-18(2)14(20)15(7-9-17-10-8-15)13(19)11-3-5-12(16)6-4-11/h3-6,17H,7-10H2,1-2H3. The zero-order valence-corrected chi connectivity index (χ0v) is 12.5. The van der Waals surface area contributed by atoms with Crippen molar-refractivity contribution in [3.05, 3.63) is 34.9 Å². The van der Waals surface area contributed by atoms with Gasteiger partial charge in [-0.25, -0.2) is 0 Å². The van der Waals surface area contributed by atoms with Crippen LogP contribution in [0, 0.1) is 5.41 Å². The number of carbonyl (C=O) groups is 2. The molecule has 0 unspecified atom stereocenters. The monoisotopic (exact) mass is 294 g/mol. The van der Waals surface area contributed by atoms with Crippen LogP contribution in [0.1, 0.15) is 23.2 Å². The van der Waals surface area contributed by atoms with Crippen LogP contribution in [0.15, 0.2) is 24.3 Å². The third kappa shape index (κ3) is 2.72. The summed E-state index contributed by atoms with van der Waals surface area (Å²) in [5, 5.41) is 3.79. The number of hydrogen-bond donors (Lipinski definition) is 1. The molecular weight excluding hydrogens is 276 g/mol. The van der Waals surface area contributed by atoms with Gasteiger partial charge >= 0.3 is 0 Å². The number of carbonyl (C=O) groups excluding carboxylic acids is 2. The largest absolute Gasteiger partial charge is 0.348 e. The highest BCUT2D eigenvalue weighted by molar-refractivity contribution is 6.30. The van der Waals surface area contributed by atoms with E-state index in [0.29, 0.717) is 36.5 Å². The Morgan fingerprint density at radius 2 is 1.70 bits per heavy atom. The number of nitrogens with one attached hydrogen (secondary N) is 1. The van der Waals surface area contributed by atoms with Crippen molar-refractivity contribution in [1.82, 2.24) is 10.2 Å². The summed E-state index contributed by atoms with van der Waals surface area (Å²) in [7, 11) is 3.39. The van der Waals surface area contributed by atoms with Crippen LogP contribution in [0.2, 0.25) is 5.02 Å². The van der Waals surface area contributed by atoms with Crippen LogP contribution < -0.4 is 5.32 Å². The molecule has 1 aliphatic rings. The number of hydrogen-bond acceptors (Lipinski definition) is 3. The number of Topliss-reactive ketones (excluding diaryl/α,β-unsaturated/α-hetero) is 1. The van der Waals surface area contributed by atoms with Crippen LogP contribution in [0.5, 0.6) is 0 Å². The van der Waals surface area contributed by atoms with Crippen molar-refractivity contribution in [3.8, 4) is 0 Å². The lowest BCUT2D eigenvalue weighted by atomic mass is 9.72. The minimum atomic E-state index is -0.942. The van der Waals surface area contributed by atoms with Gasteiger partial charge in [-0.2, -0.15) is 0 Å². The maximum absolute atomic E-state index is 12.9. The molecule has 1 N–H and O–H groups in total. The van der Waals surface area contributed by atoms with Gasteiger partial charge < -0.3 is 10.2 Å². The third-order valence-corrected chi connectivity index (χ3v) is 4.07. The fourth-order valence-electron chi connectivity index (χ4n) is 2.70. The molecule has 108 valence electrons. The Morgan fingerprint density at radius 3 is 2.20 bits per heavy atom. The van der Waals surface area contributed by atoms with Crippen molar-refractivity contribution in [2.45, 2.75) is 12.8 Å². The summed E-state index contributed by atoms with van der Waals surface area (Å²) in [5.41, 5.74) is -0.394. The summed E-state index contributed by atoms with van der Waals surface area (Å²) in [6.07, 6.45) is 1.07. The van der Waals surface area contributed by atoms with Gasteiger partial charge in [-0.3, -0.25) is 9.59 Å². The lowest BCUT2D eigenvalue weighted by Gasteiger charge is -2.36. The van der Waals surface area contributed by atoms with E-state index in [2.05, 4.69) is 5.32 Å². The second kappa shape index (κ2) is 5.94. The van der Waals surface area contributed by atoms with Crippen molar-refractivity contribution < 1.29 is 9.59 Å². The van der Waals surface area contributed by atoms with Gasteiger partial charge in [-0.15, -0.1) is 0 Å². The second-order valence-corrected chi connectivity index (χ2v) is 5.80. The first-order valence-electron chi connectivity index (χ1n) is 6.70. The molecule has 0 bridgehead atoms. The number of rotatable bonds is 3. The second-order valence-electron chi connectivity index (χ2n) is 5.37. The summed E-state index contributed by atoms with van der Waals surface area (Å²) in [6.45, 7) is 1.36. The van der Waals surface area contributed by atoms with Crippen molar-refractivity contribution in [2.75, 3.05) is 27.2 Å². The summed E-state index contributed by atoms with van der Waals surface area (Å²) >= 11 is 5.85. The van der Waals surface area contributed by atoms with Gasteiger partial charge in [-0.05, 0) is 50.2 Å². The Hall–Kier alpha value is -1.39. The predicted molar refractivity (Wildman–Crippen MR) is 79.0 cm³/mol. The fraction of sp³-hybridized carbons (Fsp3) is 0.467. The van der Waals surface area contributed by atoms with E-state index in [4.69, 9.17) is 11.6 Å². The number of ketones is 1. The lowest BCUT2D eigenvalue weighted by Crippen LogP contribution is -2.51. The van der Waals surface area contributed by atoms with Gasteiger partial charge in [-0.1, -0.05) is 11.6 Å². The van der Waals surface area contributed by atoms with Gasteiger partial charge in [0.2, 0.25) is 5.91 Å². The van der Waals surface area contributed by atoms with Gasteiger partial charge in [0, 0.05) is 24.7 Å². The summed E-state index contributed by atoms with van der Waals surface area (Å²) < 4.78 is 0. The van der Waals surface area contributed by atoms with Crippen molar-refractivity contribution in [2.24, 2.45) is 5.41 Å². The van der Waals surface area contributed by atoms with E-state index in [-0.39, 0.29) is 11.7 Å². The van der Waals surface area contributed by atoms with E-state index in [1.807, 2.05) is 0 Å². The molecule has 0 spiro atoms. The molecule has 0 radical (unpaired) electrons. The molecule has 0 atom stereocenters. The van der Waals surface area contributed by atoms with E-state index in [9.17, 15) is 9.59 Å². The van der Waals surface area contributed by atoms with Crippen LogP contribution in [-0.4, -0.2) is 43.8 Å². The molecule has 1 aromatic carbocycles. The van der Waals surface area contributed by atoms with Crippen LogP contribution in [-0.2, 0) is 4.79 Å². The highest BCUT2D eigenvalue weighted by Crippen LogP contribution is 2.35. The first kappa shape index (κ1) is 15.0. The highest BCUT2D eigenvalue weighted by atomic mass is 35.5. The summed E-state index contributed by atoms with van der Waals surface area (Å²) in [6, 6.07) is 6.75. The van der Waals surface area contributed by atoms with Crippen LogP contribution in [0.25, 0.3) is 0 Å². The first-order chi connectivity index (χ1) is 9.47.